The predicted octanol–water partition coefficient (Wildman–Crippen LogP) is 9.00. The van der Waals surface area contributed by atoms with Crippen molar-refractivity contribution < 1.29 is 76.9 Å². The van der Waals surface area contributed by atoms with Gasteiger partial charge in [0.25, 0.3) is 0 Å². The Morgan fingerprint density at radius 1 is 0.676 bits per heavy atom. The van der Waals surface area contributed by atoms with E-state index in [1.165, 1.54) is 62.8 Å². The van der Waals surface area contributed by atoms with Gasteiger partial charge in [-0.3, -0.25) is 48.1 Å². The van der Waals surface area contributed by atoms with Gasteiger partial charge in [0.2, 0.25) is 41.4 Å². The SMILES string of the molecule is CC[C@H](C)[C@@H]([C@@H](CC(=O)N1CCC[C@H]1[C@H](OC)[C@@H](C)C(=O)N[C@@H](Cc1ccccc1)C(=O)O)OC)N(C)C(=O)[C@@H](NC(=O)[C@H](C(C)C)N(C)C(=O)OCc1ccc(NC(=O)[C@H](CCCNC(N)=O)NC(=O)[C@@H](NC(=O)CCCCCC2C(=O)C=C(SC3CCCCCCCC3)C2=O)C(C)C)cc1)C(C)C. The number of hydrogen-bond donors (Lipinski definition) is 8. The van der Waals surface area contributed by atoms with Crippen LogP contribution in [0.5, 0.6) is 0 Å². The van der Waals surface area contributed by atoms with Crippen LogP contribution in [0.2, 0.25) is 0 Å². The molecular weight excluding hydrogens is 1360 g/mol. The molecule has 5 rings (SSSR count). The zero-order valence-corrected chi connectivity index (χ0v) is 65.0. The van der Waals surface area contributed by atoms with Crippen molar-refractivity contribution in [1.29, 1.82) is 0 Å². The van der Waals surface area contributed by atoms with E-state index in [0.717, 1.165) is 31.2 Å². The number of ether oxygens (including phenoxy) is 3. The summed E-state index contributed by atoms with van der Waals surface area (Å²) in [7, 11) is 5.98. The molecule has 1 saturated carbocycles. The van der Waals surface area contributed by atoms with Crippen molar-refractivity contribution in [2.75, 3.05) is 46.7 Å². The molecule has 9 N–H and O–H groups in total. The molecule has 3 aliphatic rings. The molecule has 10 amide bonds. The number of carbonyl (C=O) groups excluding carboxylic acids is 11. The van der Waals surface area contributed by atoms with Gasteiger partial charge in [0.1, 0.15) is 36.8 Å². The average Bonchev–Trinajstić information content (AvgIpc) is 1.20. The first-order valence-corrected chi connectivity index (χ1v) is 38.7. The normalized spacial score (nSPS) is 18.7. The fourth-order valence-electron chi connectivity index (χ4n) is 14.3. The van der Waals surface area contributed by atoms with Crippen LogP contribution in [0.1, 0.15) is 195 Å². The van der Waals surface area contributed by atoms with Crippen molar-refractivity contribution in [1.82, 2.24) is 41.3 Å². The molecule has 2 aromatic carbocycles. The van der Waals surface area contributed by atoms with Gasteiger partial charge < -0.3 is 66.8 Å². The maximum Gasteiger partial charge on any atom is 0.410 e. The van der Waals surface area contributed by atoms with Crippen LogP contribution in [0.3, 0.4) is 0 Å². The number of likely N-dealkylation sites (N-methyl/N-ethyl adjacent to an activating group) is 2. The van der Waals surface area contributed by atoms with Gasteiger partial charge in [0, 0.05) is 65.2 Å². The number of methoxy groups -OCH3 is 2. The van der Waals surface area contributed by atoms with Crippen molar-refractivity contribution in [3.63, 3.8) is 0 Å². The maximum absolute atomic E-state index is 14.9. The molecule has 0 bridgehead atoms. The Morgan fingerprint density at radius 3 is 1.90 bits per heavy atom. The zero-order valence-electron chi connectivity index (χ0n) is 64.2. The van der Waals surface area contributed by atoms with Gasteiger partial charge in [-0.05, 0) is 104 Å². The smallest absolute Gasteiger partial charge is 0.410 e. The molecule has 2 aromatic rings. The van der Waals surface area contributed by atoms with Crippen molar-refractivity contribution in [2.45, 2.75) is 257 Å². The van der Waals surface area contributed by atoms with Crippen LogP contribution >= 0.6 is 11.8 Å². The van der Waals surface area contributed by atoms with Crippen molar-refractivity contribution in [3.8, 4) is 0 Å². The van der Waals surface area contributed by atoms with Crippen molar-refractivity contribution >= 4 is 88.5 Å². The van der Waals surface area contributed by atoms with Crippen LogP contribution in [0, 0.1) is 35.5 Å². The number of likely N-dealkylation sites (tertiary alicyclic amines) is 1. The van der Waals surface area contributed by atoms with Gasteiger partial charge in [-0.15, -0.1) is 11.8 Å². The molecule has 1 unspecified atom stereocenters. The summed E-state index contributed by atoms with van der Waals surface area (Å²) in [5, 5.41) is 26.9. The Hall–Kier alpha value is -7.91. The second kappa shape index (κ2) is 44.3. The number of ketones is 2. The first-order valence-electron chi connectivity index (χ1n) is 37.8. The first-order chi connectivity index (χ1) is 49.9. The van der Waals surface area contributed by atoms with Crippen LogP contribution in [0.25, 0.3) is 0 Å². The van der Waals surface area contributed by atoms with Gasteiger partial charge in [0.15, 0.2) is 11.6 Å². The summed E-state index contributed by atoms with van der Waals surface area (Å²) < 4.78 is 17.7. The van der Waals surface area contributed by atoms with E-state index in [0.29, 0.717) is 72.9 Å². The minimum atomic E-state index is -1.19. The van der Waals surface area contributed by atoms with Crippen LogP contribution in [-0.4, -0.2) is 192 Å². The Balaban J connectivity index is 1.15. The number of carbonyl (C=O) groups is 12. The monoisotopic (exact) mass is 1480 g/mol. The van der Waals surface area contributed by atoms with E-state index in [1.54, 1.807) is 121 Å². The summed E-state index contributed by atoms with van der Waals surface area (Å²) in [6.07, 6.45) is 12.6. The predicted molar refractivity (Wildman–Crippen MR) is 403 cm³/mol. The second-order valence-electron chi connectivity index (χ2n) is 29.6. The number of anilines is 1. The van der Waals surface area contributed by atoms with E-state index < -0.39 is 126 Å². The highest BCUT2D eigenvalue weighted by atomic mass is 32.2. The Kier molecular flexibility index (Phi) is 37.0. The summed E-state index contributed by atoms with van der Waals surface area (Å²) in [5.41, 5.74) is 6.89. The van der Waals surface area contributed by atoms with E-state index in [1.807, 2.05) is 19.9 Å². The summed E-state index contributed by atoms with van der Waals surface area (Å²) in [6.45, 7) is 16.5. The number of rotatable bonds is 41. The Labute approximate surface area is 625 Å². The Morgan fingerprint density at radius 2 is 1.31 bits per heavy atom. The topological polar surface area (TPSA) is 361 Å². The third-order valence-electron chi connectivity index (χ3n) is 20.6. The number of primary amides is 1. The number of nitrogens with one attached hydrogen (secondary N) is 6. The number of carboxylic acid groups (broad SMARTS) is 1. The molecule has 0 aromatic heterocycles. The first kappa shape index (κ1) is 87.7. The van der Waals surface area contributed by atoms with Gasteiger partial charge in [0.05, 0.1) is 47.5 Å². The van der Waals surface area contributed by atoms with Crippen LogP contribution in [-0.2, 0) is 75.2 Å². The summed E-state index contributed by atoms with van der Waals surface area (Å²) in [4.78, 5) is 168. The van der Waals surface area contributed by atoms with Gasteiger partial charge in [-0.1, -0.05) is 163 Å². The lowest BCUT2D eigenvalue weighted by Gasteiger charge is -2.41. The number of nitrogens with zero attached hydrogens (tertiary/aromatic N) is 3. The van der Waals surface area contributed by atoms with Gasteiger partial charge in [-0.25, -0.2) is 14.4 Å². The molecule has 26 nitrogen and oxygen atoms in total. The molecule has 0 radical (unpaired) electrons. The molecule has 584 valence electrons. The largest absolute Gasteiger partial charge is 0.480 e. The minimum absolute atomic E-state index is 0.0757. The van der Waals surface area contributed by atoms with Gasteiger partial charge >= 0.3 is 18.1 Å². The number of nitrogens with two attached hydrogens (primary N) is 1. The zero-order chi connectivity index (χ0) is 77.6. The minimum Gasteiger partial charge on any atom is -0.480 e. The highest BCUT2D eigenvalue weighted by Gasteiger charge is 2.45. The maximum atomic E-state index is 14.9. The van der Waals surface area contributed by atoms with E-state index >= 15 is 0 Å². The molecular formula is C78H120N10O16S. The highest BCUT2D eigenvalue weighted by Crippen LogP contribution is 2.38. The number of allylic oxidation sites excluding steroid dienone is 2. The summed E-state index contributed by atoms with van der Waals surface area (Å²) in [5.74, 6) is -7.84. The molecule has 0 spiro atoms. The lowest BCUT2D eigenvalue weighted by molar-refractivity contribution is -0.148. The molecule has 2 aliphatic carbocycles. The van der Waals surface area contributed by atoms with E-state index in [9.17, 15) is 62.6 Å². The summed E-state index contributed by atoms with van der Waals surface area (Å²) >= 11 is 1.58. The number of aliphatic carboxylic acids is 1. The standard InChI is InChI=1S/C78H120N10O16S/c1-14-50(8)68(61(102-12)45-64(91)88-42-28-35-59(88)70(103-13)51(9)71(93)83-58(76(98)99)43-52-29-21-19-22-30-52)86(10)75(97)66(48(4)5)85-74(96)67(49(6)7)87(11)78(101)104-46-53-37-39-54(40-38-53)81-72(94)57(34-27-41-80-77(79)100)82-73(95)65(47(2)3)84-63(90)36-26-20-25-33-56-60(89)44-62(69(56)92)105-55-31-23-17-15-16-18-24-32-55/h19,21-22,29-30,37-40,44,47-51,55-59,61,65-68,70H,14-18,20,23-28,31-36,41-43,45-46H2,1-13H3,(H,81,94)(H,82,95)(H,83,93)(H,84,90)(H,85,96)(H,98,99)(H3,79,80,100)/t50-,51+,56?,57-,58-,59-,61+,65-,66-,67-,68-,70+/m0/s1. The summed E-state index contributed by atoms with van der Waals surface area (Å²) in [6, 6.07) is 7.93. The molecule has 2 fully saturated rings. The highest BCUT2D eigenvalue weighted by molar-refractivity contribution is 8.04. The van der Waals surface area contributed by atoms with E-state index in [2.05, 4.69) is 31.9 Å². The Bertz CT molecular complexity index is 3230. The molecule has 1 heterocycles. The number of unbranched alkanes of at least 4 members (excludes halogenated alkanes) is 2. The number of amides is 10. The van der Waals surface area contributed by atoms with E-state index in [4.69, 9.17) is 19.9 Å². The molecule has 1 aliphatic heterocycles. The van der Waals surface area contributed by atoms with E-state index in [-0.39, 0.29) is 80.5 Å². The van der Waals surface area contributed by atoms with Crippen LogP contribution in [0.15, 0.2) is 65.6 Å². The number of hydrogen-bond acceptors (Lipinski definition) is 16. The average molecular weight is 1490 g/mol. The molecule has 12 atom stereocenters. The quantitative estimate of drug-likeness (QED) is 0.0227. The number of thioether (sulfide) groups is 1. The lowest BCUT2D eigenvalue weighted by atomic mass is 9.89. The fraction of sp³-hybridized carbons (Fsp3) is 0.667. The number of Topliss-reactive ketones (excluding diaryl/α,β-unsaturated/α-hetero) is 1. The van der Waals surface area contributed by atoms with Gasteiger partial charge in [-0.2, -0.15) is 0 Å². The number of benzene rings is 2. The van der Waals surface area contributed by atoms with Crippen molar-refractivity contribution in [3.05, 3.63) is 76.7 Å². The molecule has 27 heteroatoms. The lowest BCUT2D eigenvalue weighted by Crippen LogP contribution is -2.60. The van der Waals surface area contributed by atoms with Crippen molar-refractivity contribution in [2.24, 2.45) is 41.2 Å². The molecule has 1 saturated heterocycles. The van der Waals surface area contributed by atoms with Crippen LogP contribution < -0.4 is 37.6 Å². The third-order valence-corrected chi connectivity index (χ3v) is 22.0. The molecule has 105 heavy (non-hydrogen) atoms. The fourth-order valence-corrected chi connectivity index (χ4v) is 15.7. The van der Waals surface area contributed by atoms with Crippen LogP contribution in [0.4, 0.5) is 15.3 Å². The number of carboxylic acids is 1. The second-order valence-corrected chi connectivity index (χ2v) is 30.9. The third kappa shape index (κ3) is 27.1. The number of urea groups is 1.